The van der Waals surface area contributed by atoms with Crippen molar-refractivity contribution in [3.05, 3.63) is 83.2 Å². The smallest absolute Gasteiger partial charge is 0.335 e. The summed E-state index contributed by atoms with van der Waals surface area (Å²) in [5.41, 5.74) is 4.80. The molecule has 5 rings (SSSR count). The number of oxazole rings is 1. The lowest BCUT2D eigenvalue weighted by molar-refractivity contribution is 0.0585. The van der Waals surface area contributed by atoms with Gasteiger partial charge in [-0.2, -0.15) is 0 Å². The van der Waals surface area contributed by atoms with Crippen molar-refractivity contribution < 1.29 is 19.1 Å². The van der Waals surface area contributed by atoms with Crippen molar-refractivity contribution >= 4 is 16.9 Å². The number of aromatic carboxylic acids is 1. The molecule has 0 bridgehead atoms. The van der Waals surface area contributed by atoms with Crippen LogP contribution in [-0.2, 0) is 13.1 Å². The minimum atomic E-state index is -0.920. The molecule has 3 heterocycles. The van der Waals surface area contributed by atoms with E-state index in [-0.39, 0.29) is 11.6 Å². The van der Waals surface area contributed by atoms with Crippen LogP contribution in [0.2, 0.25) is 0 Å². The maximum atomic E-state index is 11.4. The first kappa shape index (κ1) is 22.2. The maximum Gasteiger partial charge on any atom is 0.335 e. The Hall–Kier alpha value is -3.62. The summed E-state index contributed by atoms with van der Waals surface area (Å²) in [6, 6.07) is 11.5. The number of nitrogens with zero attached hydrogens (tertiary/aromatic N) is 3. The highest BCUT2D eigenvalue weighted by Gasteiger charge is 2.30. The Bertz CT molecular complexity index is 1280. The Labute approximate surface area is 197 Å². The van der Waals surface area contributed by atoms with E-state index in [0.717, 1.165) is 54.1 Å². The zero-order valence-corrected chi connectivity index (χ0v) is 19.3. The van der Waals surface area contributed by atoms with E-state index in [1.54, 1.807) is 31.7 Å². The molecule has 1 saturated heterocycles. The monoisotopic (exact) mass is 460 g/mol. The predicted molar refractivity (Wildman–Crippen MR) is 128 cm³/mol. The zero-order valence-electron chi connectivity index (χ0n) is 19.3. The standard InChI is InChI=1S/C26H28N4O4/c1-17-13-23(33-2)21(20-7-8-28-25(17)20)14-30-11-10-29(16-24-27-9-12-34-24)15-22(30)18-3-5-19(6-4-18)26(31)32/h3-9,12-13,22,28H,10-11,14-16H2,1-2H3,(H,31,32)/t22-/m0/s1. The van der Waals surface area contributed by atoms with Crippen molar-refractivity contribution in [3.63, 3.8) is 0 Å². The molecule has 0 spiro atoms. The van der Waals surface area contributed by atoms with Crippen molar-refractivity contribution in [1.29, 1.82) is 0 Å². The summed E-state index contributed by atoms with van der Waals surface area (Å²) in [4.78, 5) is 23.8. The molecule has 1 fully saturated rings. The first-order chi connectivity index (χ1) is 16.5. The SMILES string of the molecule is COc1cc(C)c2[nH]ccc2c1CN1CCN(Cc2ncco2)C[C@H]1c1ccc(C(=O)O)cc1. The van der Waals surface area contributed by atoms with Gasteiger partial charge >= 0.3 is 5.97 Å². The minimum absolute atomic E-state index is 0.0755. The third kappa shape index (κ3) is 4.30. The molecule has 0 saturated carbocycles. The molecule has 4 aromatic rings. The lowest BCUT2D eigenvalue weighted by atomic mass is 9.98. The van der Waals surface area contributed by atoms with Gasteiger partial charge in [0.15, 0.2) is 0 Å². The second-order valence-corrected chi connectivity index (χ2v) is 8.72. The molecule has 2 aromatic heterocycles. The van der Waals surface area contributed by atoms with E-state index < -0.39 is 5.97 Å². The number of methoxy groups -OCH3 is 1. The van der Waals surface area contributed by atoms with Gasteiger partial charge in [-0.1, -0.05) is 12.1 Å². The van der Waals surface area contributed by atoms with Crippen LogP contribution in [0, 0.1) is 6.92 Å². The number of hydrogen-bond donors (Lipinski definition) is 2. The molecule has 2 N–H and O–H groups in total. The van der Waals surface area contributed by atoms with Crippen LogP contribution in [0.5, 0.6) is 5.75 Å². The molecule has 0 amide bonds. The lowest BCUT2D eigenvalue weighted by Gasteiger charge is -2.41. The normalized spacial score (nSPS) is 17.3. The molecule has 176 valence electrons. The van der Waals surface area contributed by atoms with Crippen LogP contribution < -0.4 is 4.74 Å². The quantitative estimate of drug-likeness (QED) is 0.426. The van der Waals surface area contributed by atoms with Crippen molar-refractivity contribution in [2.24, 2.45) is 0 Å². The Morgan fingerprint density at radius 3 is 2.76 bits per heavy atom. The number of rotatable bonds is 7. The third-order valence-corrected chi connectivity index (χ3v) is 6.65. The Morgan fingerprint density at radius 2 is 2.06 bits per heavy atom. The molecular formula is C26H28N4O4. The molecule has 1 aliphatic heterocycles. The molecule has 34 heavy (non-hydrogen) atoms. The first-order valence-corrected chi connectivity index (χ1v) is 11.3. The summed E-state index contributed by atoms with van der Waals surface area (Å²) in [5, 5.41) is 10.5. The summed E-state index contributed by atoms with van der Waals surface area (Å²) in [6.45, 7) is 5.93. The van der Waals surface area contributed by atoms with Crippen molar-refractivity contribution in [2.75, 3.05) is 26.7 Å². The van der Waals surface area contributed by atoms with Gasteiger partial charge in [-0.3, -0.25) is 9.80 Å². The molecule has 8 nitrogen and oxygen atoms in total. The molecule has 1 atom stereocenters. The van der Waals surface area contributed by atoms with Gasteiger partial charge in [-0.25, -0.2) is 9.78 Å². The molecule has 0 radical (unpaired) electrons. The number of ether oxygens (including phenoxy) is 1. The van der Waals surface area contributed by atoms with Crippen LogP contribution in [-0.4, -0.2) is 57.6 Å². The van der Waals surface area contributed by atoms with Gasteiger partial charge in [-0.05, 0) is 42.3 Å². The van der Waals surface area contributed by atoms with E-state index in [1.807, 2.05) is 18.3 Å². The van der Waals surface area contributed by atoms with Gasteiger partial charge in [0.1, 0.15) is 12.0 Å². The summed E-state index contributed by atoms with van der Waals surface area (Å²) < 4.78 is 11.3. The van der Waals surface area contributed by atoms with Gasteiger partial charge in [0, 0.05) is 54.9 Å². The van der Waals surface area contributed by atoms with E-state index >= 15 is 0 Å². The third-order valence-electron chi connectivity index (χ3n) is 6.65. The fourth-order valence-corrected chi connectivity index (χ4v) is 4.88. The molecule has 8 heteroatoms. The van der Waals surface area contributed by atoms with Crippen LogP contribution in [0.3, 0.4) is 0 Å². The van der Waals surface area contributed by atoms with Gasteiger partial charge in [0.25, 0.3) is 0 Å². The summed E-state index contributed by atoms with van der Waals surface area (Å²) >= 11 is 0. The van der Waals surface area contributed by atoms with Gasteiger partial charge in [0.05, 0.1) is 25.4 Å². The number of aryl methyl sites for hydroxylation is 1. The second kappa shape index (κ2) is 9.32. The summed E-state index contributed by atoms with van der Waals surface area (Å²) in [5.74, 6) is 0.659. The number of carbonyl (C=O) groups is 1. The van der Waals surface area contributed by atoms with Gasteiger partial charge in [0.2, 0.25) is 5.89 Å². The summed E-state index contributed by atoms with van der Waals surface area (Å²) in [6.07, 6.45) is 5.23. The first-order valence-electron chi connectivity index (χ1n) is 11.3. The van der Waals surface area contributed by atoms with Crippen molar-refractivity contribution in [1.82, 2.24) is 19.8 Å². The number of carboxylic acid groups (broad SMARTS) is 1. The average Bonchev–Trinajstić information content (AvgIpc) is 3.54. The number of nitrogens with one attached hydrogen (secondary N) is 1. The van der Waals surface area contributed by atoms with Gasteiger partial charge < -0.3 is 19.2 Å². The van der Waals surface area contributed by atoms with E-state index in [4.69, 9.17) is 9.15 Å². The van der Waals surface area contributed by atoms with Crippen LogP contribution in [0.4, 0.5) is 0 Å². The number of fused-ring (bicyclic) bond motifs is 1. The van der Waals surface area contributed by atoms with Crippen LogP contribution >= 0.6 is 0 Å². The highest BCUT2D eigenvalue weighted by molar-refractivity contribution is 5.88. The van der Waals surface area contributed by atoms with E-state index in [9.17, 15) is 9.90 Å². The van der Waals surface area contributed by atoms with Crippen LogP contribution in [0.25, 0.3) is 10.9 Å². The highest BCUT2D eigenvalue weighted by atomic mass is 16.5. The minimum Gasteiger partial charge on any atom is -0.496 e. The number of aromatic nitrogens is 2. The van der Waals surface area contributed by atoms with E-state index in [1.165, 1.54) is 5.39 Å². The number of H-pyrrole nitrogens is 1. The Morgan fingerprint density at radius 1 is 1.24 bits per heavy atom. The highest BCUT2D eigenvalue weighted by Crippen LogP contribution is 2.35. The molecular weight excluding hydrogens is 432 g/mol. The number of aromatic amines is 1. The van der Waals surface area contributed by atoms with E-state index in [0.29, 0.717) is 12.4 Å². The molecule has 0 unspecified atom stereocenters. The molecule has 0 aliphatic carbocycles. The van der Waals surface area contributed by atoms with Gasteiger partial charge in [-0.15, -0.1) is 0 Å². The van der Waals surface area contributed by atoms with Crippen molar-refractivity contribution in [3.8, 4) is 5.75 Å². The van der Waals surface area contributed by atoms with Crippen molar-refractivity contribution in [2.45, 2.75) is 26.1 Å². The number of carboxylic acids is 1. The number of benzene rings is 2. The van der Waals surface area contributed by atoms with E-state index in [2.05, 4.69) is 38.8 Å². The molecule has 1 aliphatic rings. The largest absolute Gasteiger partial charge is 0.496 e. The predicted octanol–water partition coefficient (Wildman–Crippen LogP) is 4.23. The van der Waals surface area contributed by atoms with Crippen LogP contribution in [0.1, 0.15) is 39.0 Å². The number of hydrogen-bond acceptors (Lipinski definition) is 6. The van der Waals surface area contributed by atoms with Crippen LogP contribution in [0.15, 0.2) is 59.5 Å². The average molecular weight is 461 g/mol. The Balaban J connectivity index is 1.47. The summed E-state index contributed by atoms with van der Waals surface area (Å²) in [7, 11) is 1.72. The second-order valence-electron chi connectivity index (χ2n) is 8.72. The number of piperazine rings is 1. The maximum absolute atomic E-state index is 11.4. The topological polar surface area (TPSA) is 94.8 Å². The lowest BCUT2D eigenvalue weighted by Crippen LogP contribution is -2.47. The fraction of sp³-hybridized carbons (Fsp3) is 0.308. The zero-order chi connectivity index (χ0) is 23.7. The Kier molecular flexibility index (Phi) is 6.08. The molecule has 2 aromatic carbocycles. The fourth-order valence-electron chi connectivity index (χ4n) is 4.88.